The van der Waals surface area contributed by atoms with E-state index in [1.54, 1.807) is 0 Å². The number of hydrogen-bond acceptors (Lipinski definition) is 4. The lowest BCUT2D eigenvalue weighted by molar-refractivity contribution is -0.0701. The predicted molar refractivity (Wildman–Crippen MR) is 55.0 cm³/mol. The van der Waals surface area contributed by atoms with Gasteiger partial charge in [0.05, 0.1) is 11.4 Å². The molecule has 0 aliphatic carbocycles. The lowest BCUT2D eigenvalue weighted by Crippen LogP contribution is -2.47. The minimum atomic E-state index is -3.09. The maximum absolute atomic E-state index is 11.6. The summed E-state index contributed by atoms with van der Waals surface area (Å²) >= 11 is 0. The molecule has 6 heteroatoms. The first-order valence-electron chi connectivity index (χ1n) is 5.30. The van der Waals surface area contributed by atoms with Crippen LogP contribution in [0.25, 0.3) is 0 Å². The Kier molecular flexibility index (Phi) is 3.03. The van der Waals surface area contributed by atoms with Gasteiger partial charge in [-0.15, -0.1) is 0 Å². The third-order valence-corrected chi connectivity index (χ3v) is 5.00. The molecular weight excluding hydrogens is 218 g/mol. The van der Waals surface area contributed by atoms with Gasteiger partial charge in [-0.2, -0.15) is 4.31 Å². The summed E-state index contributed by atoms with van der Waals surface area (Å²) in [6.07, 6.45) is 1.73. The first kappa shape index (κ1) is 11.3. The highest BCUT2D eigenvalue weighted by molar-refractivity contribution is 7.89. The molecule has 2 heterocycles. The molecule has 0 bridgehead atoms. The zero-order valence-corrected chi connectivity index (χ0v) is 9.50. The van der Waals surface area contributed by atoms with Crippen LogP contribution in [0.4, 0.5) is 0 Å². The zero-order chi connectivity index (χ0) is 10.9. The molecule has 2 fully saturated rings. The van der Waals surface area contributed by atoms with E-state index in [2.05, 4.69) is 0 Å². The van der Waals surface area contributed by atoms with E-state index in [1.807, 2.05) is 0 Å². The maximum atomic E-state index is 11.6. The number of β-amino-alcohol motifs (C(OH)–C–C–N with tert-alkyl or cyclic N) is 1. The molecule has 2 saturated heterocycles. The topological polar surface area (TPSA) is 66.8 Å². The number of ether oxygens (including phenoxy) is 1. The van der Waals surface area contributed by atoms with Crippen LogP contribution in [0.3, 0.4) is 0 Å². The normalized spacial score (nSPS) is 30.5. The molecule has 2 aliphatic rings. The molecule has 0 radical (unpaired) electrons. The predicted octanol–water partition coefficient (Wildman–Crippen LogP) is -0.437. The van der Waals surface area contributed by atoms with Crippen LogP contribution in [0.5, 0.6) is 0 Å². The van der Waals surface area contributed by atoms with Gasteiger partial charge in [-0.1, -0.05) is 0 Å². The van der Waals surface area contributed by atoms with Gasteiger partial charge in [0.2, 0.25) is 10.0 Å². The van der Waals surface area contributed by atoms with Crippen molar-refractivity contribution in [3.63, 3.8) is 0 Å². The second-order valence-electron chi connectivity index (χ2n) is 4.34. The summed E-state index contributed by atoms with van der Waals surface area (Å²) in [5.41, 5.74) is -0.879. The fraction of sp³-hybridized carbons (Fsp3) is 1.00. The molecule has 0 aromatic carbocycles. The van der Waals surface area contributed by atoms with Gasteiger partial charge in [-0.25, -0.2) is 8.42 Å². The van der Waals surface area contributed by atoms with Crippen molar-refractivity contribution < 1.29 is 18.3 Å². The number of aliphatic hydroxyl groups is 1. The van der Waals surface area contributed by atoms with Crippen LogP contribution in [0, 0.1) is 0 Å². The Morgan fingerprint density at radius 2 is 2.00 bits per heavy atom. The van der Waals surface area contributed by atoms with Crippen molar-refractivity contribution >= 4 is 10.0 Å². The zero-order valence-electron chi connectivity index (χ0n) is 8.68. The van der Waals surface area contributed by atoms with E-state index in [4.69, 9.17) is 4.74 Å². The van der Waals surface area contributed by atoms with Crippen LogP contribution >= 0.6 is 0 Å². The Balaban J connectivity index is 2.01. The van der Waals surface area contributed by atoms with E-state index >= 15 is 0 Å². The Bertz CT molecular complexity index is 321. The third kappa shape index (κ3) is 2.50. The van der Waals surface area contributed by atoms with Gasteiger partial charge in [-0.3, -0.25) is 0 Å². The van der Waals surface area contributed by atoms with E-state index in [-0.39, 0.29) is 12.3 Å². The van der Waals surface area contributed by atoms with Gasteiger partial charge in [-0.05, 0) is 6.42 Å². The van der Waals surface area contributed by atoms with Crippen molar-refractivity contribution in [2.45, 2.75) is 24.9 Å². The smallest absolute Gasteiger partial charge is 0.214 e. The highest BCUT2D eigenvalue weighted by atomic mass is 32.2. The second kappa shape index (κ2) is 4.01. The summed E-state index contributed by atoms with van der Waals surface area (Å²) in [7, 11) is -3.09. The van der Waals surface area contributed by atoms with E-state index in [9.17, 15) is 13.5 Å². The molecule has 0 saturated carbocycles. The van der Waals surface area contributed by atoms with Gasteiger partial charge in [0.25, 0.3) is 0 Å². The fourth-order valence-electron chi connectivity index (χ4n) is 2.11. The molecule has 2 aliphatic heterocycles. The van der Waals surface area contributed by atoms with Gasteiger partial charge in [0, 0.05) is 39.1 Å². The van der Waals surface area contributed by atoms with Crippen LogP contribution in [0.1, 0.15) is 19.3 Å². The highest BCUT2D eigenvalue weighted by Gasteiger charge is 2.38. The first-order chi connectivity index (χ1) is 7.02. The lowest BCUT2D eigenvalue weighted by atomic mass is 9.94. The monoisotopic (exact) mass is 235 g/mol. The molecule has 88 valence electrons. The van der Waals surface area contributed by atoms with Gasteiger partial charge >= 0.3 is 0 Å². The van der Waals surface area contributed by atoms with Gasteiger partial charge in [0.15, 0.2) is 0 Å². The quantitative estimate of drug-likeness (QED) is 0.705. The molecule has 15 heavy (non-hydrogen) atoms. The largest absolute Gasteiger partial charge is 0.388 e. The van der Waals surface area contributed by atoms with Gasteiger partial charge in [0.1, 0.15) is 0 Å². The van der Waals surface area contributed by atoms with Crippen molar-refractivity contribution in [1.29, 1.82) is 0 Å². The van der Waals surface area contributed by atoms with Crippen LogP contribution < -0.4 is 0 Å². The van der Waals surface area contributed by atoms with Crippen LogP contribution in [0.15, 0.2) is 0 Å². The Labute approximate surface area is 90.1 Å². The molecule has 0 atom stereocenters. The third-order valence-electron chi connectivity index (χ3n) is 3.10. The SMILES string of the molecule is O=S1(=O)CCCN1CC1(O)CCOCC1. The summed E-state index contributed by atoms with van der Waals surface area (Å²) in [5, 5.41) is 10.2. The minimum Gasteiger partial charge on any atom is -0.388 e. The first-order valence-corrected chi connectivity index (χ1v) is 6.91. The summed E-state index contributed by atoms with van der Waals surface area (Å²) in [6.45, 7) is 1.82. The van der Waals surface area contributed by atoms with E-state index in [0.717, 1.165) is 0 Å². The number of hydrogen-bond donors (Lipinski definition) is 1. The maximum Gasteiger partial charge on any atom is 0.214 e. The molecule has 5 nitrogen and oxygen atoms in total. The van der Waals surface area contributed by atoms with E-state index in [1.165, 1.54) is 4.31 Å². The fourth-order valence-corrected chi connectivity index (χ4v) is 3.70. The molecule has 1 N–H and O–H groups in total. The molecule has 0 aromatic heterocycles. The van der Waals surface area contributed by atoms with Crippen LogP contribution in [-0.2, 0) is 14.8 Å². The molecule has 0 aromatic rings. The molecule has 0 spiro atoms. The lowest BCUT2D eigenvalue weighted by Gasteiger charge is -2.34. The number of sulfonamides is 1. The summed E-state index contributed by atoms with van der Waals surface area (Å²) in [5.74, 6) is 0.222. The van der Waals surface area contributed by atoms with Crippen LogP contribution in [-0.4, -0.2) is 55.5 Å². The van der Waals surface area contributed by atoms with Crippen molar-refractivity contribution in [3.05, 3.63) is 0 Å². The molecule has 2 rings (SSSR count). The Morgan fingerprint density at radius 1 is 1.33 bits per heavy atom. The Hall–Kier alpha value is -0.170. The van der Waals surface area contributed by atoms with Crippen molar-refractivity contribution in [3.8, 4) is 0 Å². The van der Waals surface area contributed by atoms with E-state index < -0.39 is 15.6 Å². The minimum absolute atomic E-state index is 0.222. The average molecular weight is 235 g/mol. The van der Waals surface area contributed by atoms with Crippen molar-refractivity contribution in [1.82, 2.24) is 4.31 Å². The molecule has 0 unspecified atom stereocenters. The van der Waals surface area contributed by atoms with Crippen LogP contribution in [0.2, 0.25) is 0 Å². The molecular formula is C9H17NO4S. The Morgan fingerprint density at radius 3 is 2.53 bits per heavy atom. The van der Waals surface area contributed by atoms with Crippen molar-refractivity contribution in [2.75, 3.05) is 32.1 Å². The number of nitrogens with zero attached hydrogens (tertiary/aromatic N) is 1. The molecule has 0 amide bonds. The summed E-state index contributed by atoms with van der Waals surface area (Å²) in [6, 6.07) is 0. The summed E-state index contributed by atoms with van der Waals surface area (Å²) < 4.78 is 29.7. The number of rotatable bonds is 2. The van der Waals surface area contributed by atoms with E-state index in [0.29, 0.717) is 39.0 Å². The highest BCUT2D eigenvalue weighted by Crippen LogP contribution is 2.25. The van der Waals surface area contributed by atoms with Gasteiger partial charge < -0.3 is 9.84 Å². The summed E-state index contributed by atoms with van der Waals surface area (Å²) in [4.78, 5) is 0. The average Bonchev–Trinajstić information content (AvgIpc) is 2.46. The van der Waals surface area contributed by atoms with Crippen molar-refractivity contribution in [2.24, 2.45) is 0 Å². The standard InChI is InChI=1S/C9H17NO4S/c11-9(2-5-14-6-3-9)8-10-4-1-7-15(10,12)13/h11H,1-8H2. The second-order valence-corrected chi connectivity index (χ2v) is 6.43.